The van der Waals surface area contributed by atoms with Gasteiger partial charge in [0.05, 0.1) is 17.6 Å². The second-order valence-electron chi connectivity index (χ2n) is 3.23. The molecule has 0 aliphatic rings. The van der Waals surface area contributed by atoms with Crippen molar-refractivity contribution in [3.63, 3.8) is 0 Å². The first kappa shape index (κ1) is 15.8. The highest BCUT2D eigenvalue weighted by Crippen LogP contribution is 2.22. The minimum atomic E-state index is -0.700. The fourth-order valence-electron chi connectivity index (χ4n) is 1.22. The number of amidine groups is 1. The Bertz CT molecular complexity index is 509. The van der Waals surface area contributed by atoms with Crippen LogP contribution in [-0.4, -0.2) is 34.9 Å². The molecule has 19 heavy (non-hydrogen) atoms. The lowest BCUT2D eigenvalue weighted by molar-refractivity contribution is 0.0970. The number of oxime groups is 1. The number of hydrogen-bond acceptors (Lipinski definition) is 6. The van der Waals surface area contributed by atoms with Crippen LogP contribution in [0, 0.1) is 0 Å². The van der Waals surface area contributed by atoms with Gasteiger partial charge < -0.3 is 20.2 Å². The molecule has 0 fully saturated rings. The van der Waals surface area contributed by atoms with E-state index in [-0.39, 0.29) is 30.0 Å². The van der Waals surface area contributed by atoms with Crippen LogP contribution in [0.3, 0.4) is 0 Å². The highest BCUT2D eigenvalue weighted by atomic mass is 127. The lowest BCUT2D eigenvalue weighted by Gasteiger charge is -2.08. The van der Waals surface area contributed by atoms with Crippen LogP contribution in [0.25, 0.3) is 0 Å². The number of hydrogen-bond donors (Lipinski definition) is 3. The molecule has 0 saturated carbocycles. The predicted molar refractivity (Wildman–Crippen MR) is 78.5 cm³/mol. The summed E-state index contributed by atoms with van der Waals surface area (Å²) in [6.45, 7) is 0.0717. The maximum Gasteiger partial charge on any atom is 0.260 e. The SMILES string of the molecule is O=Cc1cccc(C(=O)N/C(COPI)=N\O)c1O. The Balaban J connectivity index is 2.86. The molecule has 1 unspecified atom stereocenters. The third-order valence-electron chi connectivity index (χ3n) is 2.08. The molecule has 3 N–H and O–H groups in total. The van der Waals surface area contributed by atoms with E-state index in [0.717, 1.165) is 0 Å². The van der Waals surface area contributed by atoms with Crippen molar-refractivity contribution in [2.45, 2.75) is 0 Å². The topological polar surface area (TPSA) is 108 Å². The summed E-state index contributed by atoms with van der Waals surface area (Å²) < 4.78 is 4.99. The second kappa shape index (κ2) is 8.03. The third-order valence-corrected chi connectivity index (χ3v) is 3.27. The minimum absolute atomic E-state index is 0.000121. The lowest BCUT2D eigenvalue weighted by Crippen LogP contribution is -2.33. The van der Waals surface area contributed by atoms with Crippen LogP contribution in [0.5, 0.6) is 5.75 Å². The van der Waals surface area contributed by atoms with Gasteiger partial charge in [-0.25, -0.2) is 0 Å². The molecule has 0 saturated heterocycles. The van der Waals surface area contributed by atoms with Crippen LogP contribution in [0.4, 0.5) is 0 Å². The van der Waals surface area contributed by atoms with E-state index in [1.165, 1.54) is 18.2 Å². The minimum Gasteiger partial charge on any atom is -0.506 e. The normalized spacial score (nSPS) is 11.7. The summed E-state index contributed by atoms with van der Waals surface area (Å²) in [7, 11) is 0. The van der Waals surface area contributed by atoms with Gasteiger partial charge in [-0.3, -0.25) is 9.59 Å². The van der Waals surface area contributed by atoms with Crippen LogP contribution in [0.1, 0.15) is 20.7 Å². The van der Waals surface area contributed by atoms with E-state index in [9.17, 15) is 14.7 Å². The quantitative estimate of drug-likeness (QED) is 0.134. The monoisotopic (exact) mass is 396 g/mol. The van der Waals surface area contributed by atoms with Crippen molar-refractivity contribution in [3.8, 4) is 5.75 Å². The van der Waals surface area contributed by atoms with Gasteiger partial charge in [0.1, 0.15) is 12.4 Å². The van der Waals surface area contributed by atoms with Gasteiger partial charge in [-0.15, -0.1) is 0 Å². The van der Waals surface area contributed by atoms with E-state index >= 15 is 0 Å². The molecule has 102 valence electrons. The van der Waals surface area contributed by atoms with E-state index in [4.69, 9.17) is 9.73 Å². The Morgan fingerprint density at radius 1 is 1.58 bits per heavy atom. The molecular formula is C10H10IN2O5P. The smallest absolute Gasteiger partial charge is 0.260 e. The van der Waals surface area contributed by atoms with E-state index in [1.54, 1.807) is 0 Å². The first-order valence-electron chi connectivity index (χ1n) is 4.91. The van der Waals surface area contributed by atoms with Gasteiger partial charge in [0.25, 0.3) is 5.91 Å². The molecule has 1 aromatic rings. The van der Waals surface area contributed by atoms with Crippen molar-refractivity contribution in [3.05, 3.63) is 29.3 Å². The molecule has 7 nitrogen and oxygen atoms in total. The Hall–Kier alpha value is -1.25. The number of carbonyl (C=O) groups is 2. The summed E-state index contributed by atoms with van der Waals surface area (Å²) in [5, 5.41) is 23.5. The van der Waals surface area contributed by atoms with E-state index in [1.807, 2.05) is 22.0 Å². The van der Waals surface area contributed by atoms with Gasteiger partial charge in [0, 0.05) is 0 Å². The van der Waals surface area contributed by atoms with Crippen molar-refractivity contribution in [2.24, 2.45) is 5.16 Å². The Morgan fingerprint density at radius 2 is 2.32 bits per heavy atom. The summed E-state index contributed by atoms with van der Waals surface area (Å²) in [5.74, 6) is -1.22. The van der Waals surface area contributed by atoms with Crippen molar-refractivity contribution in [1.29, 1.82) is 0 Å². The average Bonchev–Trinajstić information content (AvgIpc) is 2.43. The molecule has 0 spiro atoms. The number of aromatic hydroxyl groups is 1. The van der Waals surface area contributed by atoms with Crippen molar-refractivity contribution in [1.82, 2.24) is 5.32 Å². The maximum atomic E-state index is 11.8. The largest absolute Gasteiger partial charge is 0.506 e. The molecule has 1 rings (SSSR count). The zero-order chi connectivity index (χ0) is 14.3. The first-order chi connectivity index (χ1) is 9.13. The summed E-state index contributed by atoms with van der Waals surface area (Å²) in [4.78, 5) is 22.5. The van der Waals surface area contributed by atoms with Crippen molar-refractivity contribution < 1.29 is 24.4 Å². The number of aldehydes is 1. The Kier molecular flexibility index (Phi) is 6.68. The van der Waals surface area contributed by atoms with E-state index in [0.29, 0.717) is 6.29 Å². The average molecular weight is 396 g/mol. The number of rotatable bonds is 5. The van der Waals surface area contributed by atoms with Crippen molar-refractivity contribution in [2.75, 3.05) is 6.61 Å². The summed E-state index contributed by atoms with van der Waals surface area (Å²) in [5.41, 5.74) is -0.0946. The molecule has 9 heteroatoms. The second-order valence-corrected chi connectivity index (χ2v) is 4.99. The maximum absolute atomic E-state index is 11.8. The summed E-state index contributed by atoms with van der Waals surface area (Å²) in [6.07, 6.45) is 0.438. The number of carbonyl (C=O) groups excluding carboxylic acids is 2. The van der Waals surface area contributed by atoms with Crippen LogP contribution in [0.15, 0.2) is 23.4 Å². The van der Waals surface area contributed by atoms with Gasteiger partial charge in [-0.1, -0.05) is 11.2 Å². The number of benzene rings is 1. The zero-order valence-electron chi connectivity index (χ0n) is 9.46. The molecule has 0 heterocycles. The summed E-state index contributed by atoms with van der Waals surface area (Å²) in [6, 6.07) is 4.17. The standard InChI is InChI=1S/C10H10IN2O5P/c11-19-18-5-8(13-17)12-10(16)7-3-1-2-6(4-14)9(7)15/h1-4,15,17,19H,5H2,(H,12,13,16). The van der Waals surface area contributed by atoms with Gasteiger partial charge in [-0.2, -0.15) is 0 Å². The van der Waals surface area contributed by atoms with Crippen LogP contribution in [0.2, 0.25) is 0 Å². The third kappa shape index (κ3) is 4.41. The fourth-order valence-corrected chi connectivity index (χ4v) is 1.88. The number of phenolic OH excluding ortho intramolecular Hbond substituents is 1. The number of phenols is 1. The molecule has 0 aromatic heterocycles. The molecule has 0 aliphatic carbocycles. The summed E-state index contributed by atoms with van der Waals surface area (Å²) >= 11 is 1.97. The number of para-hydroxylation sites is 1. The highest BCUT2D eigenvalue weighted by molar-refractivity contribution is 14.2. The van der Waals surface area contributed by atoms with Gasteiger partial charge in [-0.05, 0) is 34.2 Å². The number of halogens is 1. The van der Waals surface area contributed by atoms with Crippen LogP contribution in [-0.2, 0) is 4.52 Å². The molecule has 1 aromatic carbocycles. The Morgan fingerprint density at radius 3 is 2.89 bits per heavy atom. The zero-order valence-corrected chi connectivity index (χ0v) is 12.6. The molecule has 0 aliphatic heterocycles. The van der Waals surface area contributed by atoms with Gasteiger partial charge in [0.2, 0.25) is 0 Å². The lowest BCUT2D eigenvalue weighted by atomic mass is 10.1. The van der Waals surface area contributed by atoms with E-state index in [2.05, 4.69) is 10.5 Å². The fraction of sp³-hybridized carbons (Fsp3) is 0.100. The van der Waals surface area contributed by atoms with Crippen LogP contribution < -0.4 is 5.32 Å². The Labute approximate surface area is 123 Å². The van der Waals surface area contributed by atoms with Gasteiger partial charge in [0.15, 0.2) is 12.1 Å². The molecule has 0 bridgehead atoms. The molecule has 1 amide bonds. The molecule has 0 radical (unpaired) electrons. The van der Waals surface area contributed by atoms with Gasteiger partial charge >= 0.3 is 0 Å². The predicted octanol–water partition coefficient (Wildman–Crippen LogP) is 1.68. The molecule has 1 atom stereocenters. The van der Waals surface area contributed by atoms with Crippen LogP contribution >= 0.6 is 28.5 Å². The van der Waals surface area contributed by atoms with Crippen molar-refractivity contribution >= 4 is 46.5 Å². The van der Waals surface area contributed by atoms with E-state index < -0.39 is 11.7 Å². The number of nitrogens with zero attached hydrogens (tertiary/aromatic N) is 1. The number of amides is 1. The first-order valence-corrected chi connectivity index (χ1v) is 8.93. The molecular weight excluding hydrogens is 386 g/mol. The number of nitrogens with one attached hydrogen (secondary N) is 1. The highest BCUT2D eigenvalue weighted by Gasteiger charge is 2.15.